The van der Waals surface area contributed by atoms with Gasteiger partial charge in [-0.1, -0.05) is 19.8 Å². The first-order valence-corrected chi connectivity index (χ1v) is 5.21. The molecule has 14 heavy (non-hydrogen) atoms. The Morgan fingerprint density at radius 3 is 2.50 bits per heavy atom. The Hall–Kier alpha value is -0.860. The molecule has 0 radical (unpaired) electrons. The van der Waals surface area contributed by atoms with Gasteiger partial charge in [0.1, 0.15) is 5.60 Å². The number of nitrogens with zero attached hydrogens (tertiary/aromatic N) is 1. The molecule has 3 nitrogen and oxygen atoms in total. The van der Waals surface area contributed by atoms with E-state index in [2.05, 4.69) is 11.9 Å². The van der Waals surface area contributed by atoms with Crippen molar-refractivity contribution in [2.24, 2.45) is 4.99 Å². The SMILES string of the molecule is CCCCC/C=N/C(=O)OC(C)(C)C. The zero-order chi connectivity index (χ0) is 11.0. The number of hydrogen-bond acceptors (Lipinski definition) is 2. The van der Waals surface area contributed by atoms with E-state index in [4.69, 9.17) is 4.74 Å². The average molecular weight is 199 g/mol. The molecule has 1 amide bonds. The Balaban J connectivity index is 3.61. The zero-order valence-corrected chi connectivity index (χ0v) is 9.67. The predicted molar refractivity (Wildman–Crippen MR) is 58.9 cm³/mol. The molecule has 0 N–H and O–H groups in total. The van der Waals surface area contributed by atoms with Crippen LogP contribution in [0.25, 0.3) is 0 Å². The molecule has 0 spiro atoms. The lowest BCUT2D eigenvalue weighted by atomic mass is 10.2. The van der Waals surface area contributed by atoms with Crippen molar-refractivity contribution in [2.45, 2.75) is 59.0 Å². The summed E-state index contributed by atoms with van der Waals surface area (Å²) in [6.45, 7) is 7.64. The van der Waals surface area contributed by atoms with Gasteiger partial charge in [0, 0.05) is 6.21 Å². The number of aliphatic imine (C=N–C) groups is 1. The first-order valence-electron chi connectivity index (χ1n) is 5.21. The van der Waals surface area contributed by atoms with E-state index in [1.54, 1.807) is 6.21 Å². The quantitative estimate of drug-likeness (QED) is 0.513. The molecular weight excluding hydrogens is 178 g/mol. The fraction of sp³-hybridized carbons (Fsp3) is 0.818. The molecule has 0 aliphatic carbocycles. The third-order valence-corrected chi connectivity index (χ3v) is 1.53. The molecule has 0 saturated heterocycles. The van der Waals surface area contributed by atoms with Crippen molar-refractivity contribution < 1.29 is 9.53 Å². The Bertz CT molecular complexity index is 192. The van der Waals surface area contributed by atoms with E-state index in [0.29, 0.717) is 0 Å². The van der Waals surface area contributed by atoms with E-state index in [1.165, 1.54) is 12.8 Å². The minimum absolute atomic E-state index is 0.447. The number of carbonyl (C=O) groups is 1. The van der Waals surface area contributed by atoms with Gasteiger partial charge in [-0.2, -0.15) is 4.99 Å². The van der Waals surface area contributed by atoms with Crippen LogP contribution in [-0.4, -0.2) is 17.9 Å². The van der Waals surface area contributed by atoms with Crippen LogP contribution in [0.5, 0.6) is 0 Å². The summed E-state index contributed by atoms with van der Waals surface area (Å²) in [6, 6.07) is 0. The highest BCUT2D eigenvalue weighted by Gasteiger charge is 2.14. The molecule has 0 saturated carbocycles. The lowest BCUT2D eigenvalue weighted by Crippen LogP contribution is -2.21. The van der Waals surface area contributed by atoms with Crippen LogP contribution in [0.4, 0.5) is 4.79 Å². The standard InChI is InChI=1S/C11H21NO2/c1-5-6-7-8-9-12-10(13)14-11(2,3)4/h9H,5-8H2,1-4H3/b12-9+. The Kier molecular flexibility index (Phi) is 6.17. The Morgan fingerprint density at radius 2 is 2.00 bits per heavy atom. The van der Waals surface area contributed by atoms with Crippen molar-refractivity contribution in [2.75, 3.05) is 0 Å². The molecule has 0 fully saturated rings. The maximum atomic E-state index is 11.1. The topological polar surface area (TPSA) is 38.7 Å². The fourth-order valence-corrected chi connectivity index (χ4v) is 0.913. The van der Waals surface area contributed by atoms with Gasteiger partial charge in [0.2, 0.25) is 0 Å². The molecule has 0 aliphatic rings. The van der Waals surface area contributed by atoms with E-state index in [-0.39, 0.29) is 0 Å². The molecule has 0 bridgehead atoms. The summed E-state index contributed by atoms with van der Waals surface area (Å²) in [5.74, 6) is 0. The van der Waals surface area contributed by atoms with Crippen LogP contribution in [0.3, 0.4) is 0 Å². The van der Waals surface area contributed by atoms with Gasteiger partial charge >= 0.3 is 6.09 Å². The maximum absolute atomic E-state index is 11.1. The third-order valence-electron chi connectivity index (χ3n) is 1.53. The summed E-state index contributed by atoms with van der Waals surface area (Å²) >= 11 is 0. The molecule has 0 rings (SSSR count). The summed E-state index contributed by atoms with van der Waals surface area (Å²) in [5.41, 5.74) is -0.447. The molecule has 82 valence electrons. The maximum Gasteiger partial charge on any atom is 0.433 e. The minimum Gasteiger partial charge on any atom is -0.442 e. The summed E-state index contributed by atoms with van der Waals surface area (Å²) in [4.78, 5) is 14.8. The van der Waals surface area contributed by atoms with Crippen LogP contribution in [0.1, 0.15) is 53.4 Å². The number of rotatable bonds is 4. The van der Waals surface area contributed by atoms with E-state index in [1.807, 2.05) is 20.8 Å². The van der Waals surface area contributed by atoms with Crippen molar-refractivity contribution >= 4 is 12.3 Å². The predicted octanol–water partition coefficient (Wildman–Crippen LogP) is 3.57. The van der Waals surface area contributed by atoms with Crippen molar-refractivity contribution in [3.05, 3.63) is 0 Å². The number of carbonyl (C=O) groups excluding carboxylic acids is 1. The van der Waals surface area contributed by atoms with Crippen molar-refractivity contribution in [3.63, 3.8) is 0 Å². The minimum atomic E-state index is -0.492. The Morgan fingerprint density at radius 1 is 1.36 bits per heavy atom. The van der Waals surface area contributed by atoms with Crippen LogP contribution in [-0.2, 0) is 4.74 Å². The van der Waals surface area contributed by atoms with Crippen LogP contribution >= 0.6 is 0 Å². The number of ether oxygens (including phenoxy) is 1. The van der Waals surface area contributed by atoms with E-state index in [9.17, 15) is 4.79 Å². The fourth-order valence-electron chi connectivity index (χ4n) is 0.913. The zero-order valence-electron chi connectivity index (χ0n) is 9.67. The monoisotopic (exact) mass is 199 g/mol. The van der Waals surface area contributed by atoms with Crippen LogP contribution in [0.15, 0.2) is 4.99 Å². The molecular formula is C11H21NO2. The second-order valence-electron chi connectivity index (χ2n) is 4.29. The second-order valence-corrected chi connectivity index (χ2v) is 4.29. The molecule has 0 atom stereocenters. The van der Waals surface area contributed by atoms with Crippen molar-refractivity contribution in [1.29, 1.82) is 0 Å². The molecule has 0 heterocycles. The van der Waals surface area contributed by atoms with Gasteiger partial charge in [0.05, 0.1) is 0 Å². The van der Waals surface area contributed by atoms with Gasteiger partial charge < -0.3 is 4.74 Å². The summed E-state index contributed by atoms with van der Waals surface area (Å²) in [7, 11) is 0. The van der Waals surface area contributed by atoms with Crippen molar-refractivity contribution in [3.8, 4) is 0 Å². The highest BCUT2D eigenvalue weighted by atomic mass is 16.6. The largest absolute Gasteiger partial charge is 0.442 e. The summed E-state index contributed by atoms with van der Waals surface area (Å²) < 4.78 is 5.01. The first kappa shape index (κ1) is 13.1. The third kappa shape index (κ3) is 9.23. The number of hydrogen-bond donors (Lipinski definition) is 0. The molecule has 0 aliphatic heterocycles. The summed E-state index contributed by atoms with van der Waals surface area (Å²) in [6.07, 6.45) is 5.45. The lowest BCUT2D eigenvalue weighted by molar-refractivity contribution is 0.0605. The highest BCUT2D eigenvalue weighted by Crippen LogP contribution is 2.07. The summed E-state index contributed by atoms with van der Waals surface area (Å²) in [5, 5.41) is 0. The lowest BCUT2D eigenvalue weighted by Gasteiger charge is -2.16. The average Bonchev–Trinajstić information content (AvgIpc) is 2.00. The van der Waals surface area contributed by atoms with Crippen LogP contribution in [0, 0.1) is 0 Å². The van der Waals surface area contributed by atoms with E-state index < -0.39 is 11.7 Å². The molecule has 0 aromatic heterocycles. The molecule has 3 heteroatoms. The smallest absolute Gasteiger partial charge is 0.433 e. The molecule has 0 unspecified atom stereocenters. The van der Waals surface area contributed by atoms with E-state index in [0.717, 1.165) is 12.8 Å². The van der Waals surface area contributed by atoms with Gasteiger partial charge in [0.25, 0.3) is 0 Å². The number of unbranched alkanes of at least 4 members (excludes halogenated alkanes) is 3. The van der Waals surface area contributed by atoms with Gasteiger partial charge in [0.15, 0.2) is 0 Å². The normalized spacial score (nSPS) is 12.0. The highest BCUT2D eigenvalue weighted by molar-refractivity contribution is 5.79. The van der Waals surface area contributed by atoms with Gasteiger partial charge in [-0.15, -0.1) is 0 Å². The van der Waals surface area contributed by atoms with Crippen LogP contribution in [0.2, 0.25) is 0 Å². The van der Waals surface area contributed by atoms with Crippen LogP contribution < -0.4 is 0 Å². The second kappa shape index (κ2) is 6.57. The van der Waals surface area contributed by atoms with Gasteiger partial charge in [-0.25, -0.2) is 4.79 Å². The number of amides is 1. The Labute approximate surface area is 86.6 Å². The first-order chi connectivity index (χ1) is 6.45. The van der Waals surface area contributed by atoms with Gasteiger partial charge in [-0.3, -0.25) is 0 Å². The van der Waals surface area contributed by atoms with Crippen molar-refractivity contribution in [1.82, 2.24) is 0 Å². The van der Waals surface area contributed by atoms with E-state index >= 15 is 0 Å². The van der Waals surface area contributed by atoms with Gasteiger partial charge in [-0.05, 0) is 33.6 Å². The molecule has 0 aromatic carbocycles. The molecule has 0 aromatic rings.